The van der Waals surface area contributed by atoms with Gasteiger partial charge in [0.15, 0.2) is 0 Å². The number of H-pyrrole nitrogens is 1. The third kappa shape index (κ3) is 3.08. The first-order chi connectivity index (χ1) is 11.6. The molecule has 0 aliphatic carbocycles. The summed E-state index contributed by atoms with van der Waals surface area (Å²) in [5.41, 5.74) is 4.90. The minimum Gasteiger partial charge on any atom is -0.384 e. The molecule has 0 aliphatic rings. The number of ether oxygens (including phenoxy) is 1. The van der Waals surface area contributed by atoms with E-state index in [1.54, 1.807) is 7.11 Å². The predicted molar refractivity (Wildman–Crippen MR) is 96.5 cm³/mol. The van der Waals surface area contributed by atoms with Crippen molar-refractivity contribution >= 4 is 16.7 Å². The van der Waals surface area contributed by atoms with Crippen molar-refractivity contribution in [3.05, 3.63) is 47.9 Å². The fourth-order valence-corrected chi connectivity index (χ4v) is 2.90. The molecule has 2 aromatic heterocycles. The molecule has 24 heavy (non-hydrogen) atoms. The number of fused-ring (bicyclic) bond motifs is 1. The van der Waals surface area contributed by atoms with Crippen LogP contribution in [-0.2, 0) is 4.74 Å². The summed E-state index contributed by atoms with van der Waals surface area (Å²) in [6.07, 6.45) is 0.837. The number of methoxy groups -OCH3 is 1. The van der Waals surface area contributed by atoms with Gasteiger partial charge in [0.05, 0.1) is 23.4 Å². The zero-order chi connectivity index (χ0) is 17.1. The number of hydrogen-bond donors (Lipinski definition) is 2. The molecule has 0 saturated carbocycles. The summed E-state index contributed by atoms with van der Waals surface area (Å²) in [7, 11) is 1.67. The molecule has 1 aromatic carbocycles. The van der Waals surface area contributed by atoms with Crippen LogP contribution in [0.15, 0.2) is 36.4 Å². The van der Waals surface area contributed by atoms with Gasteiger partial charge in [-0.1, -0.05) is 37.3 Å². The summed E-state index contributed by atoms with van der Waals surface area (Å²) in [6, 6.07) is 12.1. The molecule has 3 rings (SSSR count). The lowest BCUT2D eigenvalue weighted by Gasteiger charge is -2.15. The van der Waals surface area contributed by atoms with E-state index in [0.29, 0.717) is 23.8 Å². The van der Waals surface area contributed by atoms with Crippen molar-refractivity contribution in [1.29, 1.82) is 5.41 Å². The molecule has 0 fully saturated rings. The number of hydrogen-bond acceptors (Lipinski definition) is 4. The van der Waals surface area contributed by atoms with Gasteiger partial charge in [-0.05, 0) is 25.0 Å². The molecule has 0 saturated heterocycles. The van der Waals surface area contributed by atoms with Crippen LogP contribution >= 0.6 is 0 Å². The summed E-state index contributed by atoms with van der Waals surface area (Å²) in [6.45, 7) is 4.45. The number of nitrogens with zero attached hydrogens (tertiary/aromatic N) is 2. The first kappa shape index (κ1) is 16.3. The summed E-state index contributed by atoms with van der Waals surface area (Å²) >= 11 is 0. The van der Waals surface area contributed by atoms with Gasteiger partial charge in [-0.2, -0.15) is 0 Å². The quantitative estimate of drug-likeness (QED) is 0.674. The number of aromatic nitrogens is 3. The third-order valence-electron chi connectivity index (χ3n) is 4.20. The van der Waals surface area contributed by atoms with E-state index in [1.807, 2.05) is 31.2 Å². The van der Waals surface area contributed by atoms with Gasteiger partial charge in [0.1, 0.15) is 11.5 Å². The molecule has 5 heteroatoms. The van der Waals surface area contributed by atoms with Gasteiger partial charge in [-0.25, -0.2) is 9.97 Å². The van der Waals surface area contributed by atoms with Crippen LogP contribution in [0.1, 0.15) is 24.9 Å². The molecule has 0 aliphatic heterocycles. The Morgan fingerprint density at radius 1 is 1.25 bits per heavy atom. The zero-order valence-corrected chi connectivity index (χ0v) is 14.3. The monoisotopic (exact) mass is 322 g/mol. The SMILES string of the molecule is CC[C@H](COC)C(=N)c1nc(C)nc2cc(-c3ccccc3)[nH]c12. The van der Waals surface area contributed by atoms with Crippen LogP contribution in [0.3, 0.4) is 0 Å². The Bertz CT molecular complexity index is 854. The number of rotatable bonds is 6. The van der Waals surface area contributed by atoms with Crippen LogP contribution in [0.4, 0.5) is 0 Å². The first-order valence-electron chi connectivity index (χ1n) is 8.14. The summed E-state index contributed by atoms with van der Waals surface area (Å²) in [5, 5.41) is 8.59. The molecule has 2 heterocycles. The van der Waals surface area contributed by atoms with Crippen molar-refractivity contribution in [2.45, 2.75) is 20.3 Å². The van der Waals surface area contributed by atoms with Crippen LogP contribution in [0.2, 0.25) is 0 Å². The van der Waals surface area contributed by atoms with Gasteiger partial charge < -0.3 is 15.1 Å². The normalized spacial score (nSPS) is 12.5. The van der Waals surface area contributed by atoms with E-state index in [4.69, 9.17) is 10.1 Å². The first-order valence-corrected chi connectivity index (χ1v) is 8.14. The van der Waals surface area contributed by atoms with E-state index in [0.717, 1.165) is 28.7 Å². The molecule has 0 spiro atoms. The average molecular weight is 322 g/mol. The minimum absolute atomic E-state index is 0.0241. The Labute approximate surface area is 141 Å². The second-order valence-electron chi connectivity index (χ2n) is 5.90. The lowest BCUT2D eigenvalue weighted by Crippen LogP contribution is -2.21. The molecule has 0 unspecified atom stereocenters. The van der Waals surface area contributed by atoms with Crippen molar-refractivity contribution in [3.8, 4) is 11.3 Å². The third-order valence-corrected chi connectivity index (χ3v) is 4.20. The number of aryl methyl sites for hydroxylation is 1. The Morgan fingerprint density at radius 2 is 2.00 bits per heavy atom. The second kappa shape index (κ2) is 6.93. The molecule has 1 atom stereocenters. The van der Waals surface area contributed by atoms with Crippen LogP contribution in [-0.4, -0.2) is 34.4 Å². The van der Waals surface area contributed by atoms with Crippen molar-refractivity contribution < 1.29 is 4.74 Å². The zero-order valence-electron chi connectivity index (χ0n) is 14.3. The smallest absolute Gasteiger partial charge is 0.126 e. The number of nitrogens with one attached hydrogen (secondary N) is 2. The van der Waals surface area contributed by atoms with Gasteiger partial charge in [0.2, 0.25) is 0 Å². The van der Waals surface area contributed by atoms with Gasteiger partial charge in [-0.15, -0.1) is 0 Å². The molecule has 0 bridgehead atoms. The maximum absolute atomic E-state index is 8.59. The van der Waals surface area contributed by atoms with Crippen LogP contribution < -0.4 is 0 Å². The highest BCUT2D eigenvalue weighted by Crippen LogP contribution is 2.26. The molecule has 5 nitrogen and oxygen atoms in total. The van der Waals surface area contributed by atoms with E-state index in [9.17, 15) is 0 Å². The highest BCUT2D eigenvalue weighted by molar-refractivity contribution is 6.07. The Kier molecular flexibility index (Phi) is 4.71. The van der Waals surface area contributed by atoms with Crippen LogP contribution in [0, 0.1) is 18.3 Å². The fourth-order valence-electron chi connectivity index (χ4n) is 2.90. The summed E-state index contributed by atoms with van der Waals surface area (Å²) < 4.78 is 5.26. The molecular formula is C19H22N4O. The lowest BCUT2D eigenvalue weighted by molar-refractivity contribution is 0.174. The molecule has 0 amide bonds. The minimum atomic E-state index is 0.0241. The maximum Gasteiger partial charge on any atom is 0.126 e. The highest BCUT2D eigenvalue weighted by atomic mass is 16.5. The van der Waals surface area contributed by atoms with Gasteiger partial charge in [0, 0.05) is 18.7 Å². The molecule has 124 valence electrons. The summed E-state index contributed by atoms with van der Waals surface area (Å²) in [4.78, 5) is 12.5. The number of aromatic amines is 1. The largest absolute Gasteiger partial charge is 0.384 e. The van der Waals surface area contributed by atoms with Gasteiger partial charge >= 0.3 is 0 Å². The molecule has 0 radical (unpaired) electrons. The van der Waals surface area contributed by atoms with E-state index < -0.39 is 0 Å². The maximum atomic E-state index is 8.59. The average Bonchev–Trinajstić information content (AvgIpc) is 3.03. The van der Waals surface area contributed by atoms with E-state index in [-0.39, 0.29) is 5.92 Å². The van der Waals surface area contributed by atoms with Crippen molar-refractivity contribution in [2.75, 3.05) is 13.7 Å². The lowest BCUT2D eigenvalue weighted by atomic mass is 9.98. The second-order valence-corrected chi connectivity index (χ2v) is 5.90. The Morgan fingerprint density at radius 3 is 2.67 bits per heavy atom. The molecule has 3 aromatic rings. The van der Waals surface area contributed by atoms with Gasteiger partial charge in [-0.3, -0.25) is 0 Å². The van der Waals surface area contributed by atoms with Crippen LogP contribution in [0.5, 0.6) is 0 Å². The Hall–Kier alpha value is -2.53. The summed E-state index contributed by atoms with van der Waals surface area (Å²) in [5.74, 6) is 0.698. The Balaban J connectivity index is 2.11. The van der Waals surface area contributed by atoms with E-state index in [2.05, 4.69) is 34.0 Å². The van der Waals surface area contributed by atoms with Gasteiger partial charge in [0.25, 0.3) is 0 Å². The number of benzene rings is 1. The molecule has 2 N–H and O–H groups in total. The van der Waals surface area contributed by atoms with Crippen molar-refractivity contribution in [1.82, 2.24) is 15.0 Å². The van der Waals surface area contributed by atoms with Crippen LogP contribution in [0.25, 0.3) is 22.3 Å². The van der Waals surface area contributed by atoms with Crippen molar-refractivity contribution in [3.63, 3.8) is 0 Å². The van der Waals surface area contributed by atoms with E-state index in [1.165, 1.54) is 0 Å². The van der Waals surface area contributed by atoms with E-state index >= 15 is 0 Å². The van der Waals surface area contributed by atoms with Crippen molar-refractivity contribution in [2.24, 2.45) is 5.92 Å². The predicted octanol–water partition coefficient (Wildman–Crippen LogP) is 3.97. The fraction of sp³-hybridized carbons (Fsp3) is 0.316. The highest BCUT2D eigenvalue weighted by Gasteiger charge is 2.20. The topological polar surface area (TPSA) is 74.7 Å². The standard InChI is InChI=1S/C19H22N4O/c1-4-13(11-24-3)17(20)19-18-16(21-12(2)22-19)10-15(23-18)14-8-6-5-7-9-14/h5-10,13,20,23H,4,11H2,1-3H3/t13-/m1/s1. The molecular weight excluding hydrogens is 300 g/mol.